The fraction of sp³-hybridized carbons (Fsp3) is 0.684. The van der Waals surface area contributed by atoms with Gasteiger partial charge in [-0.15, -0.1) is 0 Å². The zero-order valence-corrected chi connectivity index (χ0v) is 13.8. The van der Waals surface area contributed by atoms with Gasteiger partial charge in [0.25, 0.3) is 0 Å². The Balaban J connectivity index is 1.63. The number of likely N-dealkylation sites (tertiary alicyclic amines) is 1. The second-order valence-corrected chi connectivity index (χ2v) is 7.86. The first-order valence-corrected chi connectivity index (χ1v) is 8.86. The fourth-order valence-corrected chi connectivity index (χ4v) is 5.19. The van der Waals surface area contributed by atoms with E-state index in [-0.39, 0.29) is 5.41 Å². The standard InChI is InChI=1S/C19H27NO2/c1-13-18-10-14-5-6-15(21)11-17(14)19(13,2)7-8-20(18)12-16-4-3-9-22-16/h5-6,11,13,16,18,21H,3-4,7-10,12H2,1-2H3/p+1. The Bertz CT molecular complexity index is 567. The van der Waals surface area contributed by atoms with Gasteiger partial charge in [0, 0.05) is 30.8 Å². The Hall–Kier alpha value is -1.06. The molecule has 2 fully saturated rings. The highest BCUT2D eigenvalue weighted by molar-refractivity contribution is 5.43. The van der Waals surface area contributed by atoms with Gasteiger partial charge in [-0.25, -0.2) is 0 Å². The van der Waals surface area contributed by atoms with Crippen molar-refractivity contribution >= 4 is 0 Å². The average Bonchev–Trinajstić information content (AvgIpc) is 3.00. The van der Waals surface area contributed by atoms with Crippen molar-refractivity contribution < 1.29 is 14.7 Å². The lowest BCUT2D eigenvalue weighted by Crippen LogP contribution is -3.19. The second kappa shape index (κ2) is 5.24. The predicted octanol–water partition coefficient (Wildman–Crippen LogP) is 1.68. The van der Waals surface area contributed by atoms with Crippen LogP contribution in [0.4, 0.5) is 0 Å². The molecule has 0 amide bonds. The number of hydrogen-bond acceptors (Lipinski definition) is 2. The molecule has 0 spiro atoms. The number of nitrogens with one attached hydrogen (secondary N) is 1. The number of aromatic hydroxyl groups is 1. The van der Waals surface area contributed by atoms with Gasteiger partial charge in [0.1, 0.15) is 18.4 Å². The Kier molecular flexibility index (Phi) is 3.46. The van der Waals surface area contributed by atoms with Crippen molar-refractivity contribution in [2.45, 2.75) is 57.1 Å². The largest absolute Gasteiger partial charge is 0.508 e. The minimum atomic E-state index is 0.219. The summed E-state index contributed by atoms with van der Waals surface area (Å²) in [4.78, 5) is 1.75. The van der Waals surface area contributed by atoms with E-state index in [1.54, 1.807) is 4.90 Å². The van der Waals surface area contributed by atoms with Crippen molar-refractivity contribution in [2.24, 2.45) is 5.92 Å². The molecule has 1 aromatic rings. The lowest BCUT2D eigenvalue weighted by molar-refractivity contribution is -0.939. The first-order chi connectivity index (χ1) is 10.6. The summed E-state index contributed by atoms with van der Waals surface area (Å²) in [5.74, 6) is 1.08. The molecule has 2 bridgehead atoms. The van der Waals surface area contributed by atoms with E-state index in [2.05, 4.69) is 19.9 Å². The van der Waals surface area contributed by atoms with Crippen LogP contribution in [0.2, 0.25) is 0 Å². The molecule has 0 saturated carbocycles. The highest BCUT2D eigenvalue weighted by Crippen LogP contribution is 2.45. The molecule has 5 unspecified atom stereocenters. The molecule has 2 N–H and O–H groups in total. The van der Waals surface area contributed by atoms with Crippen LogP contribution in [0, 0.1) is 5.92 Å². The van der Waals surface area contributed by atoms with Gasteiger partial charge in [0.15, 0.2) is 0 Å². The third-order valence-electron chi connectivity index (χ3n) is 6.76. The van der Waals surface area contributed by atoms with Crippen LogP contribution in [0.15, 0.2) is 18.2 Å². The van der Waals surface area contributed by atoms with E-state index in [4.69, 9.17) is 4.74 Å². The first-order valence-electron chi connectivity index (χ1n) is 8.86. The maximum absolute atomic E-state index is 9.91. The summed E-state index contributed by atoms with van der Waals surface area (Å²) in [6.45, 7) is 8.20. The molecule has 2 saturated heterocycles. The molecular formula is C19H28NO2+. The summed E-state index contributed by atoms with van der Waals surface area (Å²) in [6.07, 6.45) is 5.31. The normalized spacial score (nSPS) is 40.5. The Morgan fingerprint density at radius 2 is 2.27 bits per heavy atom. The summed E-state index contributed by atoms with van der Waals surface area (Å²) in [5, 5.41) is 9.91. The van der Waals surface area contributed by atoms with Gasteiger partial charge in [0.2, 0.25) is 0 Å². The first kappa shape index (κ1) is 14.5. The SMILES string of the molecule is CC1C2Cc3ccc(O)cc3C1(C)CC[NH+]2CC1CCCO1. The van der Waals surface area contributed by atoms with Crippen molar-refractivity contribution in [3.05, 3.63) is 29.3 Å². The molecule has 22 heavy (non-hydrogen) atoms. The third-order valence-corrected chi connectivity index (χ3v) is 6.76. The van der Waals surface area contributed by atoms with Crippen LogP contribution >= 0.6 is 0 Å². The monoisotopic (exact) mass is 302 g/mol. The Labute approximate surface area is 133 Å². The average molecular weight is 302 g/mol. The summed E-state index contributed by atoms with van der Waals surface area (Å²) in [5.41, 5.74) is 3.07. The minimum absolute atomic E-state index is 0.219. The topological polar surface area (TPSA) is 33.9 Å². The number of hydrogen-bond donors (Lipinski definition) is 2. The lowest BCUT2D eigenvalue weighted by Gasteiger charge is -2.52. The van der Waals surface area contributed by atoms with Crippen molar-refractivity contribution in [3.8, 4) is 5.75 Å². The number of piperidine rings is 1. The summed E-state index contributed by atoms with van der Waals surface area (Å²) >= 11 is 0. The van der Waals surface area contributed by atoms with E-state index in [1.165, 1.54) is 43.5 Å². The smallest absolute Gasteiger partial charge is 0.115 e. The minimum Gasteiger partial charge on any atom is -0.508 e. The van der Waals surface area contributed by atoms with Gasteiger partial charge >= 0.3 is 0 Å². The van der Waals surface area contributed by atoms with Crippen molar-refractivity contribution in [1.82, 2.24) is 0 Å². The van der Waals surface area contributed by atoms with E-state index in [0.29, 0.717) is 23.8 Å². The van der Waals surface area contributed by atoms with Crippen LogP contribution in [-0.2, 0) is 16.6 Å². The molecule has 0 aromatic heterocycles. The number of fused-ring (bicyclic) bond motifs is 4. The van der Waals surface area contributed by atoms with Gasteiger partial charge in [-0.2, -0.15) is 0 Å². The molecule has 3 nitrogen and oxygen atoms in total. The van der Waals surface area contributed by atoms with Crippen molar-refractivity contribution in [3.63, 3.8) is 0 Å². The molecule has 0 radical (unpaired) electrons. The Morgan fingerprint density at radius 3 is 3.05 bits per heavy atom. The fourth-order valence-electron chi connectivity index (χ4n) is 5.19. The number of rotatable bonds is 2. The van der Waals surface area contributed by atoms with Crippen molar-refractivity contribution in [2.75, 3.05) is 19.7 Å². The number of quaternary nitrogens is 1. The number of phenolic OH excluding ortho intramolecular Hbond substituents is 1. The summed E-state index contributed by atoms with van der Waals surface area (Å²) in [6, 6.07) is 6.72. The van der Waals surface area contributed by atoms with Crippen LogP contribution in [0.25, 0.3) is 0 Å². The van der Waals surface area contributed by atoms with Crippen LogP contribution < -0.4 is 4.90 Å². The number of ether oxygens (including phenoxy) is 1. The molecular weight excluding hydrogens is 274 g/mol. The van der Waals surface area contributed by atoms with E-state index in [9.17, 15) is 5.11 Å². The highest BCUT2D eigenvalue weighted by atomic mass is 16.5. The van der Waals surface area contributed by atoms with Gasteiger partial charge < -0.3 is 14.7 Å². The van der Waals surface area contributed by atoms with Crippen molar-refractivity contribution in [1.29, 1.82) is 0 Å². The molecule has 1 aliphatic carbocycles. The van der Waals surface area contributed by atoms with Crippen LogP contribution in [0.1, 0.15) is 44.2 Å². The molecule has 3 heteroatoms. The molecule has 4 rings (SSSR count). The van der Waals surface area contributed by atoms with Crippen LogP contribution in [0.5, 0.6) is 5.75 Å². The maximum Gasteiger partial charge on any atom is 0.115 e. The third kappa shape index (κ3) is 2.17. The zero-order chi connectivity index (χ0) is 15.3. The van der Waals surface area contributed by atoms with Crippen LogP contribution in [-0.4, -0.2) is 36.9 Å². The number of benzene rings is 1. The zero-order valence-electron chi connectivity index (χ0n) is 13.8. The number of phenols is 1. The quantitative estimate of drug-likeness (QED) is 0.871. The van der Waals surface area contributed by atoms with Gasteiger partial charge in [-0.05, 0) is 36.1 Å². The molecule has 5 atom stereocenters. The predicted molar refractivity (Wildman–Crippen MR) is 86.4 cm³/mol. The van der Waals surface area contributed by atoms with E-state index >= 15 is 0 Å². The molecule has 2 aliphatic heterocycles. The van der Waals surface area contributed by atoms with Gasteiger partial charge in [-0.3, -0.25) is 0 Å². The Morgan fingerprint density at radius 1 is 1.41 bits per heavy atom. The maximum atomic E-state index is 9.91. The highest BCUT2D eigenvalue weighted by Gasteiger charge is 2.51. The van der Waals surface area contributed by atoms with Gasteiger partial charge in [-0.1, -0.05) is 19.9 Å². The van der Waals surface area contributed by atoms with E-state index in [1.807, 2.05) is 12.1 Å². The molecule has 120 valence electrons. The second-order valence-electron chi connectivity index (χ2n) is 7.86. The molecule has 3 aliphatic rings. The molecule has 1 aromatic carbocycles. The summed E-state index contributed by atoms with van der Waals surface area (Å²) < 4.78 is 5.89. The van der Waals surface area contributed by atoms with E-state index < -0.39 is 0 Å². The lowest BCUT2D eigenvalue weighted by atomic mass is 9.59. The van der Waals surface area contributed by atoms with Crippen LogP contribution in [0.3, 0.4) is 0 Å². The molecule has 2 heterocycles. The summed E-state index contributed by atoms with van der Waals surface area (Å²) in [7, 11) is 0. The van der Waals surface area contributed by atoms with E-state index in [0.717, 1.165) is 13.0 Å². The van der Waals surface area contributed by atoms with Gasteiger partial charge in [0.05, 0.1) is 12.6 Å².